The number of hydrogen-bond acceptors (Lipinski definition) is 4. The van der Waals surface area contributed by atoms with Crippen LogP contribution in [0.3, 0.4) is 0 Å². The van der Waals surface area contributed by atoms with Gasteiger partial charge in [0.15, 0.2) is 5.13 Å². The Kier molecular flexibility index (Phi) is 4.57. The number of aromatic nitrogens is 2. The number of nitrogens with one attached hydrogen (secondary N) is 2. The summed E-state index contributed by atoms with van der Waals surface area (Å²) in [7, 11) is 0. The average molecular weight is 342 g/mol. The first kappa shape index (κ1) is 16.5. The van der Waals surface area contributed by atoms with E-state index in [2.05, 4.69) is 41.3 Å². The lowest BCUT2D eigenvalue weighted by Crippen LogP contribution is -2.27. The van der Waals surface area contributed by atoms with Crippen LogP contribution in [0.15, 0.2) is 17.5 Å². The van der Waals surface area contributed by atoms with Gasteiger partial charge in [-0.25, -0.2) is 4.98 Å². The fourth-order valence-corrected chi connectivity index (χ4v) is 3.62. The molecule has 3 rings (SSSR count). The van der Waals surface area contributed by atoms with Gasteiger partial charge in [0.1, 0.15) is 0 Å². The Bertz CT molecular complexity index is 894. The molecule has 2 aromatic heterocycles. The van der Waals surface area contributed by atoms with Crippen molar-refractivity contribution in [1.82, 2.24) is 15.3 Å². The SMILES string of the molecule is Cc1[nH]c2c(C)ccc(C)c2c1CC(=O)NCCc1csc(N)n1. The van der Waals surface area contributed by atoms with Crippen LogP contribution in [-0.4, -0.2) is 22.4 Å². The molecule has 1 aromatic carbocycles. The van der Waals surface area contributed by atoms with Crippen molar-refractivity contribution in [3.05, 3.63) is 45.6 Å². The number of anilines is 1. The first-order valence-electron chi connectivity index (χ1n) is 7.99. The van der Waals surface area contributed by atoms with Crippen molar-refractivity contribution in [2.75, 3.05) is 12.3 Å². The minimum atomic E-state index is 0.0307. The van der Waals surface area contributed by atoms with E-state index in [4.69, 9.17) is 5.73 Å². The molecule has 4 N–H and O–H groups in total. The highest BCUT2D eigenvalue weighted by atomic mass is 32.1. The number of aromatic amines is 1. The number of aryl methyl sites for hydroxylation is 3. The smallest absolute Gasteiger partial charge is 0.224 e. The second-order valence-electron chi connectivity index (χ2n) is 6.13. The lowest BCUT2D eigenvalue weighted by molar-refractivity contribution is -0.120. The number of rotatable bonds is 5. The number of nitrogens with zero attached hydrogens (tertiary/aromatic N) is 1. The van der Waals surface area contributed by atoms with Crippen LogP contribution < -0.4 is 11.1 Å². The molecule has 0 aliphatic heterocycles. The van der Waals surface area contributed by atoms with Crippen molar-refractivity contribution in [1.29, 1.82) is 0 Å². The highest BCUT2D eigenvalue weighted by Gasteiger charge is 2.15. The summed E-state index contributed by atoms with van der Waals surface area (Å²) in [6.07, 6.45) is 1.08. The highest BCUT2D eigenvalue weighted by molar-refractivity contribution is 7.13. The molecule has 0 atom stereocenters. The minimum absolute atomic E-state index is 0.0307. The van der Waals surface area contributed by atoms with E-state index in [0.29, 0.717) is 24.5 Å². The summed E-state index contributed by atoms with van der Waals surface area (Å²) < 4.78 is 0. The maximum atomic E-state index is 12.3. The third-order valence-corrected chi connectivity index (χ3v) is 5.02. The average Bonchev–Trinajstić information content (AvgIpc) is 3.08. The van der Waals surface area contributed by atoms with E-state index in [1.54, 1.807) is 0 Å². The van der Waals surface area contributed by atoms with E-state index >= 15 is 0 Å². The number of nitrogen functional groups attached to an aromatic ring is 1. The van der Waals surface area contributed by atoms with Gasteiger partial charge in [0.05, 0.1) is 12.1 Å². The van der Waals surface area contributed by atoms with E-state index in [-0.39, 0.29) is 5.91 Å². The van der Waals surface area contributed by atoms with Crippen LogP contribution in [0.1, 0.15) is 28.1 Å². The second-order valence-corrected chi connectivity index (χ2v) is 7.02. The molecule has 5 nitrogen and oxygen atoms in total. The number of hydrogen-bond donors (Lipinski definition) is 3. The predicted octanol–water partition coefficient (Wildman–Crippen LogP) is 3.03. The number of H-pyrrole nitrogens is 1. The molecule has 6 heteroatoms. The fourth-order valence-electron chi connectivity index (χ4n) is 3.02. The topological polar surface area (TPSA) is 83.8 Å². The Hall–Kier alpha value is -2.34. The van der Waals surface area contributed by atoms with Gasteiger partial charge in [-0.3, -0.25) is 4.79 Å². The molecule has 0 unspecified atom stereocenters. The number of thiazole rings is 1. The molecular formula is C18H22N4OS. The maximum Gasteiger partial charge on any atom is 0.224 e. The van der Waals surface area contributed by atoms with Gasteiger partial charge >= 0.3 is 0 Å². The van der Waals surface area contributed by atoms with Crippen molar-refractivity contribution in [3.63, 3.8) is 0 Å². The molecule has 126 valence electrons. The molecule has 0 fully saturated rings. The first-order chi connectivity index (χ1) is 11.5. The van der Waals surface area contributed by atoms with Crippen molar-refractivity contribution >= 4 is 33.3 Å². The van der Waals surface area contributed by atoms with E-state index < -0.39 is 0 Å². The lowest BCUT2D eigenvalue weighted by Gasteiger charge is -2.06. The zero-order chi connectivity index (χ0) is 17.3. The van der Waals surface area contributed by atoms with Crippen molar-refractivity contribution in [3.8, 4) is 0 Å². The van der Waals surface area contributed by atoms with E-state index in [1.165, 1.54) is 27.8 Å². The second kappa shape index (κ2) is 6.65. The Balaban J connectivity index is 1.69. The Morgan fingerprint density at radius 2 is 2.04 bits per heavy atom. The largest absolute Gasteiger partial charge is 0.375 e. The Labute approximate surface area is 145 Å². The minimum Gasteiger partial charge on any atom is -0.375 e. The molecule has 1 amide bonds. The van der Waals surface area contributed by atoms with Gasteiger partial charge in [0.2, 0.25) is 5.91 Å². The van der Waals surface area contributed by atoms with Gasteiger partial charge in [0.25, 0.3) is 0 Å². The van der Waals surface area contributed by atoms with Crippen molar-refractivity contribution < 1.29 is 4.79 Å². The maximum absolute atomic E-state index is 12.3. The Morgan fingerprint density at radius 3 is 2.75 bits per heavy atom. The zero-order valence-corrected chi connectivity index (χ0v) is 15.0. The fraction of sp³-hybridized carbons (Fsp3) is 0.333. The van der Waals surface area contributed by atoms with Crippen molar-refractivity contribution in [2.45, 2.75) is 33.6 Å². The van der Waals surface area contributed by atoms with E-state index in [9.17, 15) is 4.79 Å². The summed E-state index contributed by atoms with van der Waals surface area (Å²) in [5.41, 5.74) is 12.2. The number of carbonyl (C=O) groups excluding carboxylic acids is 1. The standard InChI is InChI=1S/C18H22N4OS/c1-10-4-5-11(2)17-16(10)14(12(3)21-17)8-15(23)20-7-6-13-9-24-18(19)22-13/h4-5,9,21H,6-8H2,1-3H3,(H2,19,22)(H,20,23). The molecule has 0 saturated heterocycles. The van der Waals surface area contributed by atoms with Crippen LogP contribution in [0.2, 0.25) is 0 Å². The molecule has 0 spiro atoms. The van der Waals surface area contributed by atoms with E-state index in [1.807, 2.05) is 12.3 Å². The van der Waals surface area contributed by atoms with Crippen LogP contribution in [-0.2, 0) is 17.6 Å². The zero-order valence-electron chi connectivity index (χ0n) is 14.2. The number of nitrogens with two attached hydrogens (primary N) is 1. The molecular weight excluding hydrogens is 320 g/mol. The monoisotopic (exact) mass is 342 g/mol. The lowest BCUT2D eigenvalue weighted by atomic mass is 10.0. The summed E-state index contributed by atoms with van der Waals surface area (Å²) in [4.78, 5) is 20.0. The molecule has 0 aliphatic rings. The Morgan fingerprint density at radius 1 is 1.29 bits per heavy atom. The van der Waals surface area contributed by atoms with Gasteiger partial charge in [-0.1, -0.05) is 12.1 Å². The van der Waals surface area contributed by atoms with Crippen LogP contribution in [0.25, 0.3) is 10.9 Å². The third kappa shape index (κ3) is 3.28. The van der Waals surface area contributed by atoms with Crippen LogP contribution in [0.5, 0.6) is 0 Å². The molecule has 0 radical (unpaired) electrons. The highest BCUT2D eigenvalue weighted by Crippen LogP contribution is 2.28. The van der Waals surface area contributed by atoms with E-state index in [0.717, 1.165) is 22.5 Å². The summed E-state index contributed by atoms with van der Waals surface area (Å²) >= 11 is 1.42. The molecule has 2 heterocycles. The molecule has 0 aliphatic carbocycles. The molecule has 0 bridgehead atoms. The van der Waals surface area contributed by atoms with Gasteiger partial charge in [-0.2, -0.15) is 0 Å². The third-order valence-electron chi connectivity index (χ3n) is 4.30. The van der Waals surface area contributed by atoms with Gasteiger partial charge in [-0.15, -0.1) is 11.3 Å². The molecule has 24 heavy (non-hydrogen) atoms. The number of amides is 1. The van der Waals surface area contributed by atoms with Crippen molar-refractivity contribution in [2.24, 2.45) is 0 Å². The van der Waals surface area contributed by atoms with Gasteiger partial charge in [0, 0.05) is 34.9 Å². The summed E-state index contributed by atoms with van der Waals surface area (Å²) in [5.74, 6) is 0.0307. The summed E-state index contributed by atoms with van der Waals surface area (Å²) in [5, 5.41) is 6.65. The van der Waals surface area contributed by atoms with Gasteiger partial charge < -0.3 is 16.0 Å². The van der Waals surface area contributed by atoms with Crippen LogP contribution >= 0.6 is 11.3 Å². The van der Waals surface area contributed by atoms with Crippen LogP contribution in [0, 0.1) is 20.8 Å². The molecule has 3 aromatic rings. The normalized spacial score (nSPS) is 11.1. The predicted molar refractivity (Wildman–Crippen MR) is 99.5 cm³/mol. The quantitative estimate of drug-likeness (QED) is 0.666. The molecule has 0 saturated carbocycles. The number of carbonyl (C=O) groups is 1. The number of fused-ring (bicyclic) bond motifs is 1. The number of benzene rings is 1. The first-order valence-corrected chi connectivity index (χ1v) is 8.87. The van der Waals surface area contributed by atoms with Gasteiger partial charge in [-0.05, 0) is 37.5 Å². The summed E-state index contributed by atoms with van der Waals surface area (Å²) in [6, 6.07) is 4.22. The van der Waals surface area contributed by atoms with Crippen LogP contribution in [0.4, 0.5) is 5.13 Å². The summed E-state index contributed by atoms with van der Waals surface area (Å²) in [6.45, 7) is 6.77.